The maximum atomic E-state index is 12.9. The molecule has 0 radical (unpaired) electrons. The van der Waals surface area contributed by atoms with Crippen molar-refractivity contribution in [1.82, 2.24) is 10.2 Å². The third-order valence-electron chi connectivity index (χ3n) is 2.49. The number of nitrogens with one attached hydrogen (secondary N) is 1. The highest BCUT2D eigenvalue weighted by Gasteiger charge is 2.22. The summed E-state index contributed by atoms with van der Waals surface area (Å²) < 4.78 is 18.0. The van der Waals surface area contributed by atoms with E-state index in [1.54, 1.807) is 13.0 Å². The van der Waals surface area contributed by atoms with E-state index >= 15 is 0 Å². The fraction of sp³-hybridized carbons (Fsp3) is 0.500. The Balaban J connectivity index is 2.34. The Hall–Kier alpha value is -1.66. The van der Waals surface area contributed by atoms with Crippen molar-refractivity contribution >= 4 is 5.91 Å². The first-order chi connectivity index (χ1) is 9.28. The topological polar surface area (TPSA) is 61.8 Å². The molecule has 1 aromatic carbocycles. The molecule has 0 saturated carbocycles. The average Bonchev–Trinajstić information content (AvgIpc) is 2.32. The SMILES string of the molecule is CN(C)CC(C)(O)CNC(=O)COc1cccc(F)c1. The summed E-state index contributed by atoms with van der Waals surface area (Å²) in [6.07, 6.45) is 0. The second-order valence-electron chi connectivity index (χ2n) is 5.26. The molecule has 0 heterocycles. The minimum Gasteiger partial charge on any atom is -0.484 e. The van der Waals surface area contributed by atoms with Crippen LogP contribution in [0.3, 0.4) is 0 Å². The summed E-state index contributed by atoms with van der Waals surface area (Å²) in [6, 6.07) is 5.57. The predicted octanol–water partition coefficient (Wildman–Crippen LogP) is 0.633. The second kappa shape index (κ2) is 7.21. The first-order valence-electron chi connectivity index (χ1n) is 6.31. The predicted molar refractivity (Wildman–Crippen MR) is 74.1 cm³/mol. The molecule has 0 spiro atoms. The molecule has 0 aliphatic rings. The third kappa shape index (κ3) is 6.49. The summed E-state index contributed by atoms with van der Waals surface area (Å²) in [6.45, 7) is 1.97. The molecule has 1 amide bonds. The number of aliphatic hydroxyl groups is 1. The van der Waals surface area contributed by atoms with Gasteiger partial charge in [-0.1, -0.05) is 6.07 Å². The molecular formula is C14H21FN2O3. The van der Waals surface area contributed by atoms with Crippen LogP contribution in [0.4, 0.5) is 4.39 Å². The van der Waals surface area contributed by atoms with Crippen LogP contribution in [0.2, 0.25) is 0 Å². The lowest BCUT2D eigenvalue weighted by Gasteiger charge is -2.27. The Morgan fingerprint density at radius 3 is 2.80 bits per heavy atom. The van der Waals surface area contributed by atoms with Crippen molar-refractivity contribution in [2.24, 2.45) is 0 Å². The van der Waals surface area contributed by atoms with Crippen LogP contribution in [-0.4, -0.2) is 55.3 Å². The Kier molecular flexibility index (Phi) is 5.91. The number of benzene rings is 1. The molecule has 20 heavy (non-hydrogen) atoms. The van der Waals surface area contributed by atoms with Crippen molar-refractivity contribution in [3.63, 3.8) is 0 Å². The van der Waals surface area contributed by atoms with Crippen molar-refractivity contribution in [3.05, 3.63) is 30.1 Å². The van der Waals surface area contributed by atoms with E-state index in [0.29, 0.717) is 12.3 Å². The van der Waals surface area contributed by atoms with Crippen LogP contribution in [0.25, 0.3) is 0 Å². The molecule has 5 nitrogen and oxygen atoms in total. The lowest BCUT2D eigenvalue weighted by atomic mass is 10.1. The Bertz CT molecular complexity index is 450. The highest BCUT2D eigenvalue weighted by Crippen LogP contribution is 2.11. The molecular weight excluding hydrogens is 263 g/mol. The molecule has 0 aromatic heterocycles. The fourth-order valence-electron chi connectivity index (χ4n) is 1.78. The van der Waals surface area contributed by atoms with Crippen molar-refractivity contribution in [2.75, 3.05) is 33.8 Å². The highest BCUT2D eigenvalue weighted by atomic mass is 19.1. The summed E-state index contributed by atoms with van der Waals surface area (Å²) >= 11 is 0. The summed E-state index contributed by atoms with van der Waals surface area (Å²) in [5.41, 5.74) is -1.02. The molecule has 0 saturated heterocycles. The molecule has 1 atom stereocenters. The van der Waals surface area contributed by atoms with Crippen LogP contribution in [0.5, 0.6) is 5.75 Å². The Morgan fingerprint density at radius 1 is 1.50 bits per heavy atom. The minimum absolute atomic E-state index is 0.122. The van der Waals surface area contributed by atoms with Crippen molar-refractivity contribution < 1.29 is 19.0 Å². The van der Waals surface area contributed by atoms with Gasteiger partial charge in [-0.2, -0.15) is 0 Å². The number of hydrogen-bond acceptors (Lipinski definition) is 4. The van der Waals surface area contributed by atoms with Crippen LogP contribution in [0.1, 0.15) is 6.92 Å². The maximum absolute atomic E-state index is 12.9. The number of rotatable bonds is 7. The maximum Gasteiger partial charge on any atom is 0.258 e. The lowest BCUT2D eigenvalue weighted by Crippen LogP contribution is -2.47. The van der Waals surface area contributed by atoms with Crippen LogP contribution in [0.15, 0.2) is 24.3 Å². The standard InChI is InChI=1S/C14H21FN2O3/c1-14(19,10-17(2)3)9-16-13(18)8-20-12-6-4-5-11(15)7-12/h4-7,19H,8-10H2,1-3H3,(H,16,18). The highest BCUT2D eigenvalue weighted by molar-refractivity contribution is 5.77. The molecule has 6 heteroatoms. The number of hydrogen-bond donors (Lipinski definition) is 2. The van der Waals surface area contributed by atoms with Gasteiger partial charge in [-0.05, 0) is 33.2 Å². The number of likely N-dealkylation sites (N-methyl/N-ethyl adjacent to an activating group) is 1. The quantitative estimate of drug-likeness (QED) is 0.771. The number of nitrogens with zero attached hydrogens (tertiary/aromatic N) is 1. The molecule has 0 aliphatic heterocycles. The van der Waals surface area contributed by atoms with Gasteiger partial charge in [0.2, 0.25) is 0 Å². The Morgan fingerprint density at radius 2 is 2.20 bits per heavy atom. The molecule has 1 unspecified atom stereocenters. The van der Waals surface area contributed by atoms with Gasteiger partial charge in [0.1, 0.15) is 11.6 Å². The first kappa shape index (κ1) is 16.4. The van der Waals surface area contributed by atoms with E-state index in [2.05, 4.69) is 5.32 Å². The molecule has 1 aromatic rings. The number of halogens is 1. The number of carbonyl (C=O) groups is 1. The zero-order valence-electron chi connectivity index (χ0n) is 12.0. The van der Waals surface area contributed by atoms with Gasteiger partial charge in [0.25, 0.3) is 5.91 Å². The van der Waals surface area contributed by atoms with Gasteiger partial charge in [-0.25, -0.2) is 4.39 Å². The molecule has 1 rings (SSSR count). The first-order valence-corrected chi connectivity index (χ1v) is 6.31. The lowest BCUT2D eigenvalue weighted by molar-refractivity contribution is -0.124. The van der Waals surface area contributed by atoms with E-state index in [9.17, 15) is 14.3 Å². The average molecular weight is 284 g/mol. The van der Waals surface area contributed by atoms with Crippen molar-refractivity contribution in [1.29, 1.82) is 0 Å². The summed E-state index contributed by atoms with van der Waals surface area (Å²) in [4.78, 5) is 13.4. The monoisotopic (exact) mass is 284 g/mol. The number of carbonyl (C=O) groups excluding carboxylic acids is 1. The second-order valence-corrected chi connectivity index (χ2v) is 5.26. The van der Waals surface area contributed by atoms with Gasteiger partial charge in [-0.3, -0.25) is 4.79 Å². The smallest absolute Gasteiger partial charge is 0.258 e. The normalized spacial score (nSPS) is 13.9. The third-order valence-corrected chi connectivity index (χ3v) is 2.49. The van der Waals surface area contributed by atoms with Gasteiger partial charge >= 0.3 is 0 Å². The van der Waals surface area contributed by atoms with Gasteiger partial charge in [0.15, 0.2) is 6.61 Å². The van der Waals surface area contributed by atoms with Crippen LogP contribution >= 0.6 is 0 Å². The van der Waals surface area contributed by atoms with Gasteiger partial charge in [-0.15, -0.1) is 0 Å². The van der Waals surface area contributed by atoms with E-state index < -0.39 is 11.4 Å². The zero-order valence-corrected chi connectivity index (χ0v) is 12.0. The fourth-order valence-corrected chi connectivity index (χ4v) is 1.78. The molecule has 112 valence electrons. The summed E-state index contributed by atoms with van der Waals surface area (Å²) in [5.74, 6) is -0.495. The zero-order chi connectivity index (χ0) is 15.2. The Labute approximate surface area is 118 Å². The van der Waals surface area contributed by atoms with Crippen LogP contribution < -0.4 is 10.1 Å². The van der Waals surface area contributed by atoms with Crippen molar-refractivity contribution in [2.45, 2.75) is 12.5 Å². The summed E-state index contributed by atoms with van der Waals surface area (Å²) in [5, 5.41) is 12.6. The van der Waals surface area contributed by atoms with E-state index in [0.717, 1.165) is 0 Å². The van der Waals surface area contributed by atoms with Crippen LogP contribution in [0, 0.1) is 5.82 Å². The van der Waals surface area contributed by atoms with Crippen LogP contribution in [-0.2, 0) is 4.79 Å². The molecule has 2 N–H and O–H groups in total. The van der Waals surface area contributed by atoms with E-state index in [4.69, 9.17) is 4.74 Å². The van der Waals surface area contributed by atoms with E-state index in [1.807, 2.05) is 19.0 Å². The van der Waals surface area contributed by atoms with Crippen molar-refractivity contribution in [3.8, 4) is 5.75 Å². The number of amides is 1. The minimum atomic E-state index is -1.02. The molecule has 0 fully saturated rings. The number of ether oxygens (including phenoxy) is 1. The molecule has 0 bridgehead atoms. The molecule has 0 aliphatic carbocycles. The largest absolute Gasteiger partial charge is 0.484 e. The van der Waals surface area contributed by atoms with Gasteiger partial charge < -0.3 is 20.1 Å². The van der Waals surface area contributed by atoms with Gasteiger partial charge in [0, 0.05) is 19.2 Å². The van der Waals surface area contributed by atoms with E-state index in [-0.39, 0.29) is 19.1 Å². The summed E-state index contributed by atoms with van der Waals surface area (Å²) in [7, 11) is 3.67. The van der Waals surface area contributed by atoms with Gasteiger partial charge in [0.05, 0.1) is 5.60 Å². The van der Waals surface area contributed by atoms with E-state index in [1.165, 1.54) is 18.2 Å².